The average molecular weight is 941 g/mol. The number of anilines is 2. The summed E-state index contributed by atoms with van der Waals surface area (Å²) in [6, 6.07) is 31.8. The minimum atomic E-state index is -0.331. The Hall–Kier alpha value is -4.53. The number of hydrogen-bond donors (Lipinski definition) is 3. The summed E-state index contributed by atoms with van der Waals surface area (Å²) in [5, 5.41) is 72.5. The van der Waals surface area contributed by atoms with Crippen LogP contribution in [-0.4, -0.2) is 38.3 Å². The van der Waals surface area contributed by atoms with E-state index in [4.69, 9.17) is 9.47 Å². The molecule has 0 bridgehead atoms. The zero-order valence-corrected chi connectivity index (χ0v) is 41.4. The van der Waals surface area contributed by atoms with Crippen molar-refractivity contribution in [2.24, 2.45) is 30.7 Å². The van der Waals surface area contributed by atoms with Crippen LogP contribution in [0.25, 0.3) is 10.8 Å². The monoisotopic (exact) mass is 940 g/mol. The van der Waals surface area contributed by atoms with Gasteiger partial charge in [0.1, 0.15) is 18.2 Å². The largest absolute Gasteiger partial charge is 1.00 e. The van der Waals surface area contributed by atoms with Crippen molar-refractivity contribution in [3.8, 4) is 11.5 Å². The van der Waals surface area contributed by atoms with Gasteiger partial charge in [-0.05, 0) is 140 Å². The molecule has 0 saturated heterocycles. The number of methoxy groups -OCH3 is 1. The van der Waals surface area contributed by atoms with Crippen molar-refractivity contribution in [1.82, 2.24) is 0 Å². The van der Waals surface area contributed by atoms with E-state index in [2.05, 4.69) is 64.8 Å². The molecule has 0 spiro atoms. The van der Waals surface area contributed by atoms with Crippen LogP contribution in [0.1, 0.15) is 17.5 Å². The Balaban J connectivity index is 0.00000462. The molecule has 6 rings (SSSR count). The van der Waals surface area contributed by atoms with Gasteiger partial charge in [0.25, 0.3) is 0 Å². The number of rotatable bonds is 22. The first-order valence-electron chi connectivity index (χ1n) is 18.7. The molecule has 326 valence electrons. The summed E-state index contributed by atoms with van der Waals surface area (Å²) in [5.74, 6) is 0.109. The molecule has 0 amide bonds. The fraction of sp³-hybridized carbons (Fsp3) is 0.167. The summed E-state index contributed by atoms with van der Waals surface area (Å²) in [6.07, 6.45) is 0.179. The SMILES string of the molecule is COC(=O)CCOCNc1ccc(OCNc2ccc3c(O)c(N=Nc4cc(C)c(N=Nc5ccc(N=Nc6ccc(SOO[O-])cc6)cc5)cc4C)c(SOO[O-])cc3c2)cc1.[Na+].[Na+]. The van der Waals surface area contributed by atoms with E-state index in [1.165, 1.54) is 7.11 Å². The molecule has 0 unspecified atom stereocenters. The summed E-state index contributed by atoms with van der Waals surface area (Å²) >= 11 is 1.37. The number of phenols is 1. The quantitative estimate of drug-likeness (QED) is 0.0126. The molecule has 0 aliphatic heterocycles. The van der Waals surface area contributed by atoms with Gasteiger partial charge in [-0.15, -0.1) is 5.11 Å². The van der Waals surface area contributed by atoms with Crippen molar-refractivity contribution in [3.05, 3.63) is 120 Å². The second-order valence-corrected chi connectivity index (χ2v) is 14.5. The van der Waals surface area contributed by atoms with Gasteiger partial charge in [-0.1, -0.05) is 0 Å². The number of hydrogen-bond acceptors (Lipinski definition) is 21. The van der Waals surface area contributed by atoms with Gasteiger partial charge in [-0.2, -0.15) is 34.2 Å². The van der Waals surface area contributed by atoms with Crippen LogP contribution in [0, 0.1) is 13.8 Å². The molecule has 0 fully saturated rings. The first-order chi connectivity index (χ1) is 30.7. The standard InChI is InChI=1S/C42H40N8O11S2.2Na/c1-26-21-38(27(2)20-37(26)48-47-31-6-4-30(5-7-31)45-46-32-10-15-35(16-11-32)62-60-58-53)49-50-41-39(63-61-59-54)23-28-22-33(12-17-36(28)42(41)52)44-25-57-34-13-8-29(9-14-34)43-24-56-19-18-40(51)55-3;;/h4-17,20-23,43-44,52-54H,18-19,24-25H2,1-3H3;;/q;2*+1/p-2. The van der Waals surface area contributed by atoms with Gasteiger partial charge in [0.15, 0.2) is 12.5 Å². The number of nitrogens with one attached hydrogen (secondary N) is 2. The van der Waals surface area contributed by atoms with Crippen molar-refractivity contribution in [3.63, 3.8) is 0 Å². The van der Waals surface area contributed by atoms with Crippen molar-refractivity contribution < 1.29 is 112 Å². The van der Waals surface area contributed by atoms with Gasteiger partial charge in [0.2, 0.25) is 0 Å². The van der Waals surface area contributed by atoms with E-state index in [0.717, 1.165) is 28.9 Å². The Morgan fingerprint density at radius 2 is 1.22 bits per heavy atom. The molecule has 0 aliphatic carbocycles. The first kappa shape index (κ1) is 53.1. The molecule has 6 aromatic carbocycles. The van der Waals surface area contributed by atoms with Crippen LogP contribution in [0.3, 0.4) is 0 Å². The number of benzene rings is 6. The number of carbonyl (C=O) groups excluding carboxylic acids is 1. The molecule has 0 aromatic heterocycles. The summed E-state index contributed by atoms with van der Waals surface area (Å²) in [7, 11) is 1.33. The van der Waals surface area contributed by atoms with E-state index in [9.17, 15) is 20.4 Å². The Morgan fingerprint density at radius 1 is 0.662 bits per heavy atom. The second-order valence-electron chi connectivity index (χ2n) is 13.0. The molecule has 6 aromatic rings. The van der Waals surface area contributed by atoms with Crippen LogP contribution >= 0.6 is 24.1 Å². The maximum Gasteiger partial charge on any atom is 1.00 e. The summed E-state index contributed by atoms with van der Waals surface area (Å²) < 4.78 is 24.7. The van der Waals surface area contributed by atoms with Crippen molar-refractivity contribution in [1.29, 1.82) is 0 Å². The van der Waals surface area contributed by atoms with E-state index in [1.54, 1.807) is 91.0 Å². The van der Waals surface area contributed by atoms with Crippen LogP contribution in [0.15, 0.2) is 150 Å². The topological polar surface area (TPSA) is 246 Å². The van der Waals surface area contributed by atoms with E-state index < -0.39 is 0 Å². The van der Waals surface area contributed by atoms with Gasteiger partial charge < -0.3 is 40.5 Å². The number of esters is 1. The fourth-order valence-corrected chi connectivity index (χ4v) is 6.39. The molecule has 0 atom stereocenters. The van der Waals surface area contributed by atoms with Crippen LogP contribution in [-0.2, 0) is 33.0 Å². The number of fused-ring (bicyclic) bond motifs is 1. The minimum Gasteiger partial charge on any atom is -0.691 e. The second kappa shape index (κ2) is 27.8. The van der Waals surface area contributed by atoms with Crippen molar-refractivity contribution in [2.45, 2.75) is 30.1 Å². The third-order valence-corrected chi connectivity index (χ3v) is 10.0. The number of aromatic hydroxyl groups is 1. The third-order valence-electron chi connectivity index (χ3n) is 8.80. The Kier molecular flexibility index (Phi) is 22.7. The number of azo groups is 3. The van der Waals surface area contributed by atoms with Crippen LogP contribution in [0.2, 0.25) is 0 Å². The molecule has 0 saturated carbocycles. The van der Waals surface area contributed by atoms with E-state index in [-0.39, 0.29) is 108 Å². The third kappa shape index (κ3) is 16.4. The number of phenolic OH excluding ortho intramolecular Hbond substituents is 1. The number of carbonyl (C=O) groups is 1. The number of nitrogens with zero attached hydrogens (tertiary/aromatic N) is 6. The van der Waals surface area contributed by atoms with Gasteiger partial charge in [0.05, 0.1) is 77.6 Å². The Morgan fingerprint density at radius 3 is 1.83 bits per heavy atom. The molecular weight excluding hydrogens is 903 g/mol. The van der Waals surface area contributed by atoms with Gasteiger partial charge in [-0.3, -0.25) is 14.9 Å². The fourth-order valence-electron chi connectivity index (χ4n) is 5.55. The van der Waals surface area contributed by atoms with Crippen LogP contribution < -0.4 is 85.0 Å². The van der Waals surface area contributed by atoms with Crippen molar-refractivity contribution in [2.75, 3.05) is 37.8 Å². The molecule has 0 aliphatic rings. The molecule has 23 heteroatoms. The minimum absolute atomic E-state index is 0. The molecule has 0 radical (unpaired) electrons. The van der Waals surface area contributed by atoms with Crippen LogP contribution in [0.5, 0.6) is 11.5 Å². The van der Waals surface area contributed by atoms with Gasteiger partial charge in [0, 0.05) is 21.7 Å². The average Bonchev–Trinajstić information content (AvgIpc) is 3.30. The zero-order chi connectivity index (χ0) is 44.4. The maximum atomic E-state index is 11.4. The van der Waals surface area contributed by atoms with Gasteiger partial charge in [-0.25, -0.2) is 0 Å². The van der Waals surface area contributed by atoms with E-state index >= 15 is 0 Å². The number of ether oxygens (including phenoxy) is 3. The predicted molar refractivity (Wildman–Crippen MR) is 230 cm³/mol. The first-order valence-corrected chi connectivity index (χ1v) is 20.2. The van der Waals surface area contributed by atoms with Crippen LogP contribution in [0.4, 0.5) is 45.5 Å². The Bertz CT molecular complexity index is 2560. The molecule has 0 heterocycles. The predicted octanol–water partition coefficient (Wildman–Crippen LogP) is 4.28. The Labute approximate surface area is 425 Å². The normalized spacial score (nSPS) is 11.2. The smallest absolute Gasteiger partial charge is 0.691 e. The van der Waals surface area contributed by atoms with E-state index in [0.29, 0.717) is 67.6 Å². The summed E-state index contributed by atoms with van der Waals surface area (Å²) in [5.41, 5.74) is 6.04. The zero-order valence-electron chi connectivity index (χ0n) is 35.8. The van der Waals surface area contributed by atoms with Crippen molar-refractivity contribution >= 4 is 86.3 Å². The molecule has 65 heavy (non-hydrogen) atoms. The molecular formula is C42H38N8Na2O11S2. The molecule has 3 N–H and O–H groups in total. The van der Waals surface area contributed by atoms with E-state index in [1.807, 2.05) is 32.0 Å². The van der Waals surface area contributed by atoms with Gasteiger partial charge >= 0.3 is 65.1 Å². The molecule has 19 nitrogen and oxygen atoms in total. The summed E-state index contributed by atoms with van der Waals surface area (Å²) in [4.78, 5) is 12.1. The number of aryl methyl sites for hydroxylation is 2. The summed E-state index contributed by atoms with van der Waals surface area (Å²) in [6.45, 7) is 4.32. The maximum absolute atomic E-state index is 11.4.